The molecular weight excluding hydrogens is 230 g/mol. The molecule has 0 saturated carbocycles. The predicted molar refractivity (Wildman–Crippen MR) is 71.2 cm³/mol. The first kappa shape index (κ1) is 14.5. The molecule has 2 N–H and O–H groups in total. The molecule has 0 saturated heterocycles. The third-order valence-corrected chi connectivity index (χ3v) is 3.33. The van der Waals surface area contributed by atoms with Crippen LogP contribution >= 0.6 is 0 Å². The Balaban J connectivity index is 2.87. The SMILES string of the molecule is CNC(C)(COc1cc(C)c(C)cc1C)C(=O)O. The molecule has 0 amide bonds. The molecule has 0 heterocycles. The third kappa shape index (κ3) is 3.01. The van der Waals surface area contributed by atoms with Crippen molar-refractivity contribution in [1.29, 1.82) is 0 Å². The van der Waals surface area contributed by atoms with E-state index >= 15 is 0 Å². The maximum atomic E-state index is 11.1. The van der Waals surface area contributed by atoms with E-state index in [0.717, 1.165) is 16.9 Å². The lowest BCUT2D eigenvalue weighted by Gasteiger charge is -2.25. The smallest absolute Gasteiger partial charge is 0.327 e. The number of carbonyl (C=O) groups is 1. The summed E-state index contributed by atoms with van der Waals surface area (Å²) in [5, 5.41) is 11.9. The highest BCUT2D eigenvalue weighted by molar-refractivity contribution is 5.78. The minimum absolute atomic E-state index is 0.0855. The lowest BCUT2D eigenvalue weighted by molar-refractivity contribution is -0.145. The number of rotatable bonds is 5. The van der Waals surface area contributed by atoms with Gasteiger partial charge in [0.25, 0.3) is 0 Å². The number of aliphatic carboxylic acids is 1. The largest absolute Gasteiger partial charge is 0.491 e. The molecule has 4 nitrogen and oxygen atoms in total. The number of carboxylic acids is 1. The zero-order valence-corrected chi connectivity index (χ0v) is 11.6. The molecule has 0 aliphatic rings. The Hall–Kier alpha value is -1.55. The molecule has 1 atom stereocenters. The molecule has 0 aliphatic carbocycles. The first-order valence-electron chi connectivity index (χ1n) is 5.93. The summed E-state index contributed by atoms with van der Waals surface area (Å²) in [5.74, 6) is -0.188. The van der Waals surface area contributed by atoms with Crippen LogP contribution in [0.5, 0.6) is 5.75 Å². The molecule has 1 rings (SSSR count). The molecule has 0 fully saturated rings. The average Bonchev–Trinajstić information content (AvgIpc) is 2.31. The Kier molecular flexibility index (Phi) is 4.35. The summed E-state index contributed by atoms with van der Waals surface area (Å²) < 4.78 is 5.65. The lowest BCUT2D eigenvalue weighted by Crippen LogP contribution is -2.52. The second-order valence-corrected chi connectivity index (χ2v) is 4.88. The molecule has 0 aliphatic heterocycles. The molecule has 0 spiro atoms. The molecule has 0 aromatic heterocycles. The van der Waals surface area contributed by atoms with Crippen molar-refractivity contribution in [3.8, 4) is 5.75 Å². The van der Waals surface area contributed by atoms with Gasteiger partial charge in [-0.15, -0.1) is 0 Å². The second kappa shape index (κ2) is 5.40. The summed E-state index contributed by atoms with van der Waals surface area (Å²) in [6.45, 7) is 7.70. The van der Waals surface area contributed by atoms with Crippen LogP contribution in [0.15, 0.2) is 12.1 Å². The fourth-order valence-corrected chi connectivity index (χ4v) is 1.55. The van der Waals surface area contributed by atoms with Gasteiger partial charge in [0, 0.05) is 0 Å². The van der Waals surface area contributed by atoms with Crippen molar-refractivity contribution in [1.82, 2.24) is 5.32 Å². The summed E-state index contributed by atoms with van der Waals surface area (Å²) in [4.78, 5) is 11.1. The van der Waals surface area contributed by atoms with Gasteiger partial charge in [-0.05, 0) is 57.5 Å². The highest BCUT2D eigenvalue weighted by Crippen LogP contribution is 2.23. The first-order valence-corrected chi connectivity index (χ1v) is 5.93. The van der Waals surface area contributed by atoms with Gasteiger partial charge in [-0.2, -0.15) is 0 Å². The van der Waals surface area contributed by atoms with E-state index in [1.54, 1.807) is 14.0 Å². The normalized spacial score (nSPS) is 14.1. The van der Waals surface area contributed by atoms with Gasteiger partial charge in [-0.25, -0.2) is 0 Å². The van der Waals surface area contributed by atoms with E-state index in [1.165, 1.54) is 5.56 Å². The highest BCUT2D eigenvalue weighted by Gasteiger charge is 2.32. The van der Waals surface area contributed by atoms with Gasteiger partial charge in [0.15, 0.2) is 0 Å². The van der Waals surface area contributed by atoms with Crippen LogP contribution in [0.4, 0.5) is 0 Å². The molecular formula is C14H21NO3. The van der Waals surface area contributed by atoms with Crippen LogP contribution < -0.4 is 10.1 Å². The van der Waals surface area contributed by atoms with Crippen molar-refractivity contribution < 1.29 is 14.6 Å². The van der Waals surface area contributed by atoms with E-state index in [0.29, 0.717) is 0 Å². The summed E-state index contributed by atoms with van der Waals surface area (Å²) in [6, 6.07) is 3.99. The van der Waals surface area contributed by atoms with Crippen molar-refractivity contribution in [3.05, 3.63) is 28.8 Å². The number of benzene rings is 1. The number of hydrogen-bond donors (Lipinski definition) is 2. The zero-order valence-electron chi connectivity index (χ0n) is 11.6. The fraction of sp³-hybridized carbons (Fsp3) is 0.500. The van der Waals surface area contributed by atoms with E-state index in [2.05, 4.69) is 5.32 Å². The summed E-state index contributed by atoms with van der Waals surface area (Å²) >= 11 is 0. The topological polar surface area (TPSA) is 58.6 Å². The van der Waals surface area contributed by atoms with Gasteiger partial charge in [0.1, 0.15) is 17.9 Å². The van der Waals surface area contributed by atoms with Gasteiger partial charge in [0.2, 0.25) is 0 Å². The molecule has 4 heteroatoms. The first-order chi connectivity index (χ1) is 8.30. The number of ether oxygens (including phenoxy) is 1. The van der Waals surface area contributed by atoms with E-state index in [1.807, 2.05) is 32.9 Å². The molecule has 0 radical (unpaired) electrons. The van der Waals surface area contributed by atoms with Crippen molar-refractivity contribution >= 4 is 5.97 Å². The van der Waals surface area contributed by atoms with E-state index in [4.69, 9.17) is 9.84 Å². The van der Waals surface area contributed by atoms with Gasteiger partial charge in [-0.1, -0.05) is 6.07 Å². The summed E-state index contributed by atoms with van der Waals surface area (Å²) in [7, 11) is 1.62. The number of aryl methyl sites for hydroxylation is 3. The Bertz CT molecular complexity index is 457. The Morgan fingerprint density at radius 3 is 2.33 bits per heavy atom. The Labute approximate surface area is 108 Å². The van der Waals surface area contributed by atoms with E-state index in [-0.39, 0.29) is 6.61 Å². The molecule has 0 bridgehead atoms. The number of hydrogen-bond acceptors (Lipinski definition) is 3. The van der Waals surface area contributed by atoms with Gasteiger partial charge >= 0.3 is 5.97 Å². The van der Waals surface area contributed by atoms with Crippen LogP contribution in [-0.2, 0) is 4.79 Å². The van der Waals surface area contributed by atoms with Crippen LogP contribution in [0.25, 0.3) is 0 Å². The quantitative estimate of drug-likeness (QED) is 0.841. The van der Waals surface area contributed by atoms with Gasteiger partial charge < -0.3 is 15.2 Å². The van der Waals surface area contributed by atoms with Gasteiger partial charge in [-0.3, -0.25) is 4.79 Å². The Morgan fingerprint density at radius 1 is 1.28 bits per heavy atom. The van der Waals surface area contributed by atoms with Crippen LogP contribution in [0, 0.1) is 20.8 Å². The number of carboxylic acid groups (broad SMARTS) is 1. The number of likely N-dealkylation sites (N-methyl/N-ethyl adjacent to an activating group) is 1. The fourth-order valence-electron chi connectivity index (χ4n) is 1.55. The molecule has 100 valence electrons. The maximum Gasteiger partial charge on any atom is 0.327 e. The average molecular weight is 251 g/mol. The van der Waals surface area contributed by atoms with Crippen molar-refractivity contribution in [3.63, 3.8) is 0 Å². The second-order valence-electron chi connectivity index (χ2n) is 4.88. The lowest BCUT2D eigenvalue weighted by atomic mass is 10.0. The standard InChI is InChI=1S/C14H21NO3/c1-9-6-11(3)12(7-10(9)2)18-8-14(4,15-5)13(16)17/h6-7,15H,8H2,1-5H3,(H,16,17). The molecule has 1 aromatic rings. The van der Waals surface area contributed by atoms with Crippen molar-refractivity contribution in [2.24, 2.45) is 0 Å². The van der Waals surface area contributed by atoms with E-state index in [9.17, 15) is 4.79 Å². The minimum Gasteiger partial charge on any atom is -0.491 e. The number of nitrogens with one attached hydrogen (secondary N) is 1. The molecule has 18 heavy (non-hydrogen) atoms. The summed E-state index contributed by atoms with van der Waals surface area (Å²) in [6.07, 6.45) is 0. The van der Waals surface area contributed by atoms with E-state index < -0.39 is 11.5 Å². The van der Waals surface area contributed by atoms with Crippen LogP contribution in [0.1, 0.15) is 23.6 Å². The predicted octanol–water partition coefficient (Wildman–Crippen LogP) is 2.05. The highest BCUT2D eigenvalue weighted by atomic mass is 16.5. The van der Waals surface area contributed by atoms with Crippen LogP contribution in [0.2, 0.25) is 0 Å². The zero-order chi connectivity index (χ0) is 13.9. The Morgan fingerprint density at radius 2 is 1.83 bits per heavy atom. The van der Waals surface area contributed by atoms with Crippen LogP contribution in [0.3, 0.4) is 0 Å². The van der Waals surface area contributed by atoms with Crippen LogP contribution in [-0.4, -0.2) is 30.3 Å². The van der Waals surface area contributed by atoms with Crippen molar-refractivity contribution in [2.45, 2.75) is 33.2 Å². The van der Waals surface area contributed by atoms with Gasteiger partial charge in [0.05, 0.1) is 0 Å². The maximum absolute atomic E-state index is 11.1. The minimum atomic E-state index is -1.08. The third-order valence-electron chi connectivity index (χ3n) is 3.33. The summed E-state index contributed by atoms with van der Waals surface area (Å²) in [5.41, 5.74) is 2.28. The van der Waals surface area contributed by atoms with Crippen molar-refractivity contribution in [2.75, 3.05) is 13.7 Å². The monoisotopic (exact) mass is 251 g/mol. The molecule has 1 unspecified atom stereocenters. The molecule has 1 aromatic carbocycles.